The van der Waals surface area contributed by atoms with Gasteiger partial charge in [-0.1, -0.05) is 94.4 Å². The quantitative estimate of drug-likeness (QED) is 0.315. The highest BCUT2D eigenvalue weighted by Crippen LogP contribution is 2.30. The molecule has 162 valence electrons. The maximum atomic E-state index is 11.6. The van der Waals surface area contributed by atoms with Gasteiger partial charge in [-0.2, -0.15) is 0 Å². The predicted molar refractivity (Wildman–Crippen MR) is 132 cm³/mol. The zero-order valence-electron chi connectivity index (χ0n) is 19.1. The minimum Gasteiger partial charge on any atom is -0.276 e. The molecule has 0 radical (unpaired) electrons. The first-order valence-corrected chi connectivity index (χ1v) is 11.7. The molecule has 0 unspecified atom stereocenters. The van der Waals surface area contributed by atoms with Gasteiger partial charge in [-0.25, -0.2) is 0 Å². The Hall–Kier alpha value is -2.38. The van der Waals surface area contributed by atoms with E-state index in [2.05, 4.69) is 82.3 Å². The molecule has 0 amide bonds. The summed E-state index contributed by atoms with van der Waals surface area (Å²) in [4.78, 5) is 11.6. The number of hydrogen-bond donors (Lipinski definition) is 0. The number of benzene rings is 3. The van der Waals surface area contributed by atoms with Crippen molar-refractivity contribution in [2.75, 3.05) is 0 Å². The number of halogens is 1. The van der Waals surface area contributed by atoms with Gasteiger partial charge in [0.25, 0.3) is 5.24 Å². The fraction of sp³-hybridized carbons (Fsp3) is 0.345. The van der Waals surface area contributed by atoms with Gasteiger partial charge in [0, 0.05) is 11.5 Å². The molecule has 0 bridgehead atoms. The highest BCUT2D eigenvalue weighted by atomic mass is 35.5. The zero-order chi connectivity index (χ0) is 22.4. The van der Waals surface area contributed by atoms with Crippen molar-refractivity contribution in [1.29, 1.82) is 0 Å². The van der Waals surface area contributed by atoms with E-state index in [1.54, 1.807) is 6.07 Å². The molecule has 0 aliphatic heterocycles. The standard InChI is InChI=1S/C29H33ClO/c1-20(2)16-22-8-12-25(13-9-22)28(19-24-6-5-7-27(18-24)29(30)31)26-14-10-23(11-15-26)17-21(3)4/h5-15,18,20-21,28H,16-17,19H2,1-4H3. The molecule has 0 saturated carbocycles. The van der Waals surface area contributed by atoms with E-state index in [4.69, 9.17) is 11.6 Å². The summed E-state index contributed by atoms with van der Waals surface area (Å²) in [5.74, 6) is 1.51. The van der Waals surface area contributed by atoms with Gasteiger partial charge in [0.2, 0.25) is 0 Å². The highest BCUT2D eigenvalue weighted by molar-refractivity contribution is 6.67. The second-order valence-corrected chi connectivity index (χ2v) is 9.75. The maximum absolute atomic E-state index is 11.6. The van der Waals surface area contributed by atoms with E-state index < -0.39 is 5.24 Å². The Balaban J connectivity index is 1.93. The summed E-state index contributed by atoms with van der Waals surface area (Å²) in [6.07, 6.45) is 3.01. The molecule has 2 heteroatoms. The van der Waals surface area contributed by atoms with Crippen LogP contribution in [-0.2, 0) is 19.3 Å². The molecule has 0 spiro atoms. The molecule has 0 fully saturated rings. The largest absolute Gasteiger partial charge is 0.276 e. The van der Waals surface area contributed by atoms with Crippen LogP contribution in [0.25, 0.3) is 0 Å². The smallest absolute Gasteiger partial charge is 0.252 e. The van der Waals surface area contributed by atoms with Crippen molar-refractivity contribution in [3.63, 3.8) is 0 Å². The van der Waals surface area contributed by atoms with Crippen molar-refractivity contribution in [1.82, 2.24) is 0 Å². The zero-order valence-corrected chi connectivity index (χ0v) is 19.8. The summed E-state index contributed by atoms with van der Waals surface area (Å²) in [5, 5.41) is -0.408. The van der Waals surface area contributed by atoms with Crippen molar-refractivity contribution in [2.24, 2.45) is 11.8 Å². The minimum atomic E-state index is -0.408. The summed E-state index contributed by atoms with van der Waals surface area (Å²) in [7, 11) is 0. The van der Waals surface area contributed by atoms with Gasteiger partial charge in [-0.15, -0.1) is 0 Å². The molecule has 1 nitrogen and oxygen atoms in total. The summed E-state index contributed by atoms with van der Waals surface area (Å²) < 4.78 is 0. The third-order valence-electron chi connectivity index (χ3n) is 5.65. The second-order valence-electron chi connectivity index (χ2n) is 9.41. The summed E-state index contributed by atoms with van der Waals surface area (Å²) >= 11 is 5.72. The molecule has 3 aromatic rings. The monoisotopic (exact) mass is 432 g/mol. The number of carbonyl (C=O) groups excluding carboxylic acids is 1. The average Bonchev–Trinajstić information content (AvgIpc) is 2.73. The van der Waals surface area contributed by atoms with E-state index >= 15 is 0 Å². The van der Waals surface area contributed by atoms with Gasteiger partial charge in [-0.05, 0) is 76.6 Å². The highest BCUT2D eigenvalue weighted by Gasteiger charge is 2.16. The fourth-order valence-electron chi connectivity index (χ4n) is 4.20. The molecule has 0 aromatic heterocycles. The fourth-order valence-corrected chi connectivity index (χ4v) is 4.32. The lowest BCUT2D eigenvalue weighted by Crippen LogP contribution is -2.07. The van der Waals surface area contributed by atoms with Crippen LogP contribution in [0, 0.1) is 11.8 Å². The summed E-state index contributed by atoms with van der Waals surface area (Å²) in [6.45, 7) is 9.00. The molecule has 0 aliphatic rings. The first kappa shape index (κ1) is 23.3. The maximum Gasteiger partial charge on any atom is 0.252 e. The molecular formula is C29H33ClO. The lowest BCUT2D eigenvalue weighted by atomic mass is 9.84. The molecule has 3 rings (SSSR count). The van der Waals surface area contributed by atoms with Gasteiger partial charge in [-0.3, -0.25) is 4.79 Å². The SMILES string of the molecule is CC(C)Cc1ccc(C(Cc2cccc(C(=O)Cl)c2)c2ccc(CC(C)C)cc2)cc1. The normalized spacial score (nSPS) is 11.5. The molecule has 0 N–H and O–H groups in total. The van der Waals surface area contributed by atoms with E-state index in [0.717, 1.165) is 24.8 Å². The Morgan fingerprint density at radius 2 is 1.16 bits per heavy atom. The first-order valence-electron chi connectivity index (χ1n) is 11.3. The van der Waals surface area contributed by atoms with Gasteiger partial charge in [0.1, 0.15) is 0 Å². The second kappa shape index (κ2) is 10.8. The van der Waals surface area contributed by atoms with Gasteiger partial charge >= 0.3 is 0 Å². The van der Waals surface area contributed by atoms with E-state index in [1.165, 1.54) is 22.3 Å². The lowest BCUT2D eigenvalue weighted by molar-refractivity contribution is 0.108. The number of hydrogen-bond acceptors (Lipinski definition) is 1. The Morgan fingerprint density at radius 1 is 0.677 bits per heavy atom. The van der Waals surface area contributed by atoms with Crippen LogP contribution in [0.5, 0.6) is 0 Å². The van der Waals surface area contributed by atoms with Gasteiger partial charge in [0.15, 0.2) is 0 Å². The summed E-state index contributed by atoms with van der Waals surface area (Å²) in [6, 6.07) is 25.8. The minimum absolute atomic E-state index is 0.224. The molecule has 3 aromatic carbocycles. The van der Waals surface area contributed by atoms with E-state index in [-0.39, 0.29) is 5.92 Å². The molecule has 0 saturated heterocycles. The molecular weight excluding hydrogens is 400 g/mol. The van der Waals surface area contributed by atoms with E-state index in [1.807, 2.05) is 12.1 Å². The topological polar surface area (TPSA) is 17.1 Å². The van der Waals surface area contributed by atoms with Crippen molar-refractivity contribution >= 4 is 16.8 Å². The molecule has 0 aliphatic carbocycles. The number of rotatable bonds is 9. The third kappa shape index (κ3) is 6.80. The lowest BCUT2D eigenvalue weighted by Gasteiger charge is -2.20. The van der Waals surface area contributed by atoms with Crippen molar-refractivity contribution in [3.8, 4) is 0 Å². The van der Waals surface area contributed by atoms with E-state index in [0.29, 0.717) is 17.4 Å². The van der Waals surface area contributed by atoms with Crippen LogP contribution in [-0.4, -0.2) is 5.24 Å². The molecule has 0 heterocycles. The number of carbonyl (C=O) groups is 1. The predicted octanol–water partition coefficient (Wildman–Crippen LogP) is 7.84. The van der Waals surface area contributed by atoms with Crippen LogP contribution in [0.15, 0.2) is 72.8 Å². The van der Waals surface area contributed by atoms with Crippen molar-refractivity contribution in [3.05, 3.63) is 106 Å². The van der Waals surface area contributed by atoms with Crippen molar-refractivity contribution < 1.29 is 4.79 Å². The molecule has 0 atom stereocenters. The van der Waals surface area contributed by atoms with Crippen LogP contribution in [0.1, 0.15) is 71.8 Å². The Bertz CT molecular complexity index is 931. The first-order chi connectivity index (χ1) is 14.8. The van der Waals surface area contributed by atoms with Gasteiger partial charge in [0.05, 0.1) is 0 Å². The third-order valence-corrected chi connectivity index (χ3v) is 5.86. The van der Waals surface area contributed by atoms with E-state index in [9.17, 15) is 4.79 Å². The van der Waals surface area contributed by atoms with Crippen LogP contribution in [0.3, 0.4) is 0 Å². The van der Waals surface area contributed by atoms with Crippen LogP contribution >= 0.6 is 11.6 Å². The Kier molecular flexibility index (Phi) is 8.09. The van der Waals surface area contributed by atoms with Crippen LogP contribution < -0.4 is 0 Å². The Labute approximate surface area is 192 Å². The van der Waals surface area contributed by atoms with Crippen LogP contribution in [0.4, 0.5) is 0 Å². The van der Waals surface area contributed by atoms with Crippen LogP contribution in [0.2, 0.25) is 0 Å². The van der Waals surface area contributed by atoms with Gasteiger partial charge < -0.3 is 0 Å². The Morgan fingerprint density at radius 3 is 1.58 bits per heavy atom. The van der Waals surface area contributed by atoms with Crippen molar-refractivity contribution in [2.45, 2.75) is 52.9 Å². The average molecular weight is 433 g/mol. The molecule has 31 heavy (non-hydrogen) atoms. The summed E-state index contributed by atoms with van der Waals surface area (Å²) in [5.41, 5.74) is 7.02.